The van der Waals surface area contributed by atoms with E-state index in [9.17, 15) is 0 Å². The fourth-order valence-electron chi connectivity index (χ4n) is 5.88. The fourth-order valence-corrected chi connectivity index (χ4v) is 5.88. The molecule has 0 spiro atoms. The number of hydrogen-bond acceptors (Lipinski definition) is 12. The Morgan fingerprint density at radius 3 is 1.48 bits per heavy atom. The number of carboxylic acids is 2. The lowest BCUT2D eigenvalue weighted by atomic mass is 10.1. The number of likely N-dealkylation sites (tertiary alicyclic amines) is 2. The number of pyridine rings is 2. The van der Waals surface area contributed by atoms with Crippen molar-refractivity contribution in [3.05, 3.63) is 62.0 Å². The van der Waals surface area contributed by atoms with Gasteiger partial charge in [-0.25, -0.2) is 29.5 Å². The van der Waals surface area contributed by atoms with Crippen molar-refractivity contribution >= 4 is 46.2 Å². The standard InChI is InChI=1S/2C17H25N5O.C2H2O4/c2*1-3-12-23-13-11-22-16-15(5-4-8-18-16)20-17(22)19-14-6-9-21(2)10-7-14;3-1(4)2(5)6/h2*3-5,8,14H,1,6-7,9-13H2,2H3,(H,19,20);(H,3,4)(H,5,6). The number of nitrogens with one attached hydrogen (secondary N) is 2. The maximum Gasteiger partial charge on any atom is 0.414 e. The van der Waals surface area contributed by atoms with E-state index in [1.807, 2.05) is 36.7 Å². The number of piperidine rings is 2. The summed E-state index contributed by atoms with van der Waals surface area (Å²) in [6.07, 6.45) is 11.7. The van der Waals surface area contributed by atoms with Crippen LogP contribution in [0.4, 0.5) is 11.9 Å². The summed E-state index contributed by atoms with van der Waals surface area (Å²) in [5, 5.41) is 22.0. The maximum atomic E-state index is 9.10. The Kier molecular flexibility index (Phi) is 16.0. The molecule has 0 radical (unpaired) electrons. The molecule has 0 aliphatic carbocycles. The molecule has 6 heterocycles. The smallest absolute Gasteiger partial charge is 0.414 e. The number of carbonyl (C=O) groups is 2. The second-order valence-corrected chi connectivity index (χ2v) is 12.6. The van der Waals surface area contributed by atoms with Gasteiger partial charge in [-0.1, -0.05) is 12.2 Å². The molecule has 0 atom stereocenters. The summed E-state index contributed by atoms with van der Waals surface area (Å²) in [5.74, 6) is -1.85. The lowest BCUT2D eigenvalue weighted by Crippen LogP contribution is -2.37. The molecule has 4 aromatic rings. The van der Waals surface area contributed by atoms with Gasteiger partial charge in [0.2, 0.25) is 11.9 Å². The molecule has 2 aliphatic rings. The van der Waals surface area contributed by atoms with Gasteiger partial charge in [-0.15, -0.1) is 13.2 Å². The van der Waals surface area contributed by atoms with E-state index in [-0.39, 0.29) is 0 Å². The summed E-state index contributed by atoms with van der Waals surface area (Å²) in [7, 11) is 4.35. The zero-order chi connectivity index (χ0) is 37.3. The van der Waals surface area contributed by atoms with Gasteiger partial charge in [0.05, 0.1) is 39.5 Å². The molecule has 0 saturated carbocycles. The average Bonchev–Trinajstić information content (AvgIpc) is 3.67. The van der Waals surface area contributed by atoms with E-state index in [2.05, 4.69) is 66.8 Å². The van der Waals surface area contributed by atoms with Crippen LogP contribution in [0.1, 0.15) is 25.7 Å². The van der Waals surface area contributed by atoms with Crippen molar-refractivity contribution in [1.29, 1.82) is 0 Å². The molecule has 2 saturated heterocycles. The quantitative estimate of drug-likeness (QED) is 0.0844. The van der Waals surface area contributed by atoms with Gasteiger partial charge < -0.3 is 40.1 Å². The number of aliphatic carboxylic acids is 2. The number of imidazole rings is 2. The molecule has 282 valence electrons. The topological polar surface area (TPSA) is 185 Å². The van der Waals surface area contributed by atoms with Crippen LogP contribution in [0.5, 0.6) is 0 Å². The molecule has 0 bridgehead atoms. The Balaban J connectivity index is 0.000000202. The van der Waals surface area contributed by atoms with Crippen molar-refractivity contribution in [2.75, 3.05) is 77.3 Å². The molecule has 0 amide bonds. The molecule has 0 aromatic carbocycles. The Morgan fingerprint density at radius 1 is 0.750 bits per heavy atom. The van der Waals surface area contributed by atoms with E-state index in [4.69, 9.17) is 39.2 Å². The maximum absolute atomic E-state index is 9.10. The van der Waals surface area contributed by atoms with Crippen LogP contribution in [0.15, 0.2) is 62.0 Å². The summed E-state index contributed by atoms with van der Waals surface area (Å²) in [6, 6.07) is 8.79. The minimum absolute atomic E-state index is 0.468. The van der Waals surface area contributed by atoms with Crippen LogP contribution >= 0.6 is 0 Å². The van der Waals surface area contributed by atoms with E-state index in [0.29, 0.717) is 38.5 Å². The van der Waals surface area contributed by atoms with Gasteiger partial charge in [0.15, 0.2) is 11.3 Å². The van der Waals surface area contributed by atoms with Crippen molar-refractivity contribution in [1.82, 2.24) is 38.9 Å². The highest BCUT2D eigenvalue weighted by atomic mass is 16.5. The van der Waals surface area contributed by atoms with E-state index in [0.717, 1.165) is 99.2 Å². The highest BCUT2D eigenvalue weighted by Gasteiger charge is 2.21. The summed E-state index contributed by atoms with van der Waals surface area (Å²) >= 11 is 0. The highest BCUT2D eigenvalue weighted by Crippen LogP contribution is 2.22. The number of nitrogens with zero attached hydrogens (tertiary/aromatic N) is 8. The predicted molar refractivity (Wildman–Crippen MR) is 201 cm³/mol. The molecular weight excluding hydrogens is 668 g/mol. The number of ether oxygens (including phenoxy) is 2. The second-order valence-electron chi connectivity index (χ2n) is 12.6. The van der Waals surface area contributed by atoms with E-state index in [1.165, 1.54) is 0 Å². The largest absolute Gasteiger partial charge is 0.473 e. The Bertz CT molecular complexity index is 1600. The first kappa shape index (κ1) is 39.9. The van der Waals surface area contributed by atoms with Crippen molar-refractivity contribution in [3.8, 4) is 0 Å². The van der Waals surface area contributed by atoms with Crippen LogP contribution in [0.3, 0.4) is 0 Å². The van der Waals surface area contributed by atoms with Gasteiger partial charge in [0.25, 0.3) is 0 Å². The highest BCUT2D eigenvalue weighted by molar-refractivity contribution is 6.27. The molecule has 16 nitrogen and oxygen atoms in total. The number of fused-ring (bicyclic) bond motifs is 2. The number of aromatic nitrogens is 6. The minimum Gasteiger partial charge on any atom is -0.473 e. The van der Waals surface area contributed by atoms with Crippen LogP contribution < -0.4 is 10.6 Å². The predicted octanol–water partition coefficient (Wildman–Crippen LogP) is 3.44. The molecular formula is C36H52N10O6. The summed E-state index contributed by atoms with van der Waals surface area (Å²) in [6.45, 7) is 15.7. The third kappa shape index (κ3) is 12.1. The van der Waals surface area contributed by atoms with Crippen LogP contribution in [-0.4, -0.2) is 140 Å². The van der Waals surface area contributed by atoms with E-state index < -0.39 is 11.9 Å². The second kappa shape index (κ2) is 20.8. The molecule has 0 unspecified atom stereocenters. The SMILES string of the molecule is C=CCOCCn1c(NC2CCN(C)CC2)nc2cccnc21.C=CCOCCn1c(NC2CCN(C)CC2)nc2cccnc21.O=C(O)C(=O)O. The number of rotatable bonds is 14. The molecule has 52 heavy (non-hydrogen) atoms. The van der Waals surface area contributed by atoms with Crippen LogP contribution in [0.25, 0.3) is 22.3 Å². The zero-order valence-corrected chi connectivity index (χ0v) is 30.2. The summed E-state index contributed by atoms with van der Waals surface area (Å²) in [5.41, 5.74) is 3.66. The van der Waals surface area contributed by atoms with Crippen molar-refractivity contribution in [3.63, 3.8) is 0 Å². The molecule has 2 aliphatic heterocycles. The van der Waals surface area contributed by atoms with Gasteiger partial charge >= 0.3 is 11.9 Å². The van der Waals surface area contributed by atoms with Crippen molar-refractivity contribution < 1.29 is 29.3 Å². The number of hydrogen-bond donors (Lipinski definition) is 4. The van der Waals surface area contributed by atoms with Gasteiger partial charge in [-0.05, 0) is 90.2 Å². The minimum atomic E-state index is -1.82. The third-order valence-corrected chi connectivity index (χ3v) is 8.68. The van der Waals surface area contributed by atoms with Gasteiger partial charge in [-0.3, -0.25) is 9.13 Å². The lowest BCUT2D eigenvalue weighted by molar-refractivity contribution is -0.159. The first-order chi connectivity index (χ1) is 25.2. The average molecular weight is 721 g/mol. The molecule has 6 rings (SSSR count). The first-order valence-electron chi connectivity index (χ1n) is 17.6. The van der Waals surface area contributed by atoms with E-state index in [1.54, 1.807) is 12.2 Å². The number of anilines is 2. The van der Waals surface area contributed by atoms with E-state index >= 15 is 0 Å². The lowest BCUT2D eigenvalue weighted by Gasteiger charge is -2.29. The van der Waals surface area contributed by atoms with Crippen LogP contribution in [-0.2, 0) is 32.2 Å². The van der Waals surface area contributed by atoms with Crippen LogP contribution in [0, 0.1) is 0 Å². The monoisotopic (exact) mass is 720 g/mol. The number of carboxylic acid groups (broad SMARTS) is 2. The fraction of sp³-hybridized carbons (Fsp3) is 0.500. The Labute approximate surface area is 304 Å². The zero-order valence-electron chi connectivity index (χ0n) is 30.2. The summed E-state index contributed by atoms with van der Waals surface area (Å²) < 4.78 is 15.3. The first-order valence-corrected chi connectivity index (χ1v) is 17.6. The van der Waals surface area contributed by atoms with Gasteiger partial charge in [0, 0.05) is 24.5 Å². The van der Waals surface area contributed by atoms with Gasteiger partial charge in [0.1, 0.15) is 11.0 Å². The molecule has 4 aromatic heterocycles. The molecule has 2 fully saturated rings. The third-order valence-electron chi connectivity index (χ3n) is 8.68. The molecule has 4 N–H and O–H groups in total. The normalized spacial score (nSPS) is 15.7. The van der Waals surface area contributed by atoms with Gasteiger partial charge in [-0.2, -0.15) is 0 Å². The Hall–Kier alpha value is -4.90. The van der Waals surface area contributed by atoms with Crippen molar-refractivity contribution in [2.45, 2.75) is 50.9 Å². The van der Waals surface area contributed by atoms with Crippen molar-refractivity contribution in [2.24, 2.45) is 0 Å². The molecule has 16 heteroatoms. The summed E-state index contributed by atoms with van der Waals surface area (Å²) in [4.78, 5) is 41.3. The Morgan fingerprint density at radius 2 is 1.13 bits per heavy atom. The van der Waals surface area contributed by atoms with Crippen LogP contribution in [0.2, 0.25) is 0 Å².